The lowest BCUT2D eigenvalue weighted by atomic mass is 10.4. The Labute approximate surface area is 115 Å². The van der Waals surface area contributed by atoms with E-state index in [1.807, 2.05) is 6.92 Å². The van der Waals surface area contributed by atoms with Crippen LogP contribution in [0.25, 0.3) is 0 Å². The van der Waals surface area contributed by atoms with E-state index in [9.17, 15) is 18.5 Å². The van der Waals surface area contributed by atoms with E-state index in [1.54, 1.807) is 0 Å². The Morgan fingerprint density at radius 2 is 2.16 bits per heavy atom. The number of hydrogen-bond donors (Lipinski definition) is 1. The maximum Gasteiger partial charge on any atom is 0.275 e. The standard InChI is InChI=1S/C10H15N3O4S2/c1-3-11-9-6-8(13(14)15)7-10(12-9)18-4-5-19(2,16)17/h6-7H,3-5H2,1-2H3,(H,11,12). The van der Waals surface area contributed by atoms with Crippen LogP contribution in [-0.4, -0.2) is 42.6 Å². The van der Waals surface area contributed by atoms with Crippen LogP contribution in [0.15, 0.2) is 17.2 Å². The third-order valence-electron chi connectivity index (χ3n) is 2.06. The fraction of sp³-hybridized carbons (Fsp3) is 0.500. The van der Waals surface area contributed by atoms with Crippen molar-refractivity contribution in [2.24, 2.45) is 0 Å². The van der Waals surface area contributed by atoms with E-state index < -0.39 is 14.8 Å². The van der Waals surface area contributed by atoms with E-state index in [0.29, 0.717) is 23.1 Å². The molecule has 0 unspecified atom stereocenters. The fourth-order valence-corrected chi connectivity index (χ4v) is 3.36. The predicted octanol–water partition coefficient (Wildman–Crippen LogP) is 1.56. The normalized spacial score (nSPS) is 11.3. The Morgan fingerprint density at radius 3 is 2.68 bits per heavy atom. The van der Waals surface area contributed by atoms with Crippen LogP contribution in [-0.2, 0) is 9.84 Å². The minimum absolute atomic E-state index is 0.0125. The van der Waals surface area contributed by atoms with Crippen LogP contribution in [0.4, 0.5) is 11.5 Å². The number of thioether (sulfide) groups is 1. The van der Waals surface area contributed by atoms with E-state index in [4.69, 9.17) is 0 Å². The molecule has 0 atom stereocenters. The summed E-state index contributed by atoms with van der Waals surface area (Å²) < 4.78 is 22.0. The van der Waals surface area contributed by atoms with Crippen molar-refractivity contribution in [3.05, 3.63) is 22.2 Å². The predicted molar refractivity (Wildman–Crippen MR) is 75.5 cm³/mol. The molecule has 1 aromatic heterocycles. The third-order valence-corrected chi connectivity index (χ3v) is 4.18. The van der Waals surface area contributed by atoms with E-state index in [-0.39, 0.29) is 11.4 Å². The first-order valence-electron chi connectivity index (χ1n) is 5.52. The van der Waals surface area contributed by atoms with Crippen molar-refractivity contribution in [2.45, 2.75) is 11.9 Å². The van der Waals surface area contributed by atoms with Gasteiger partial charge in [-0.3, -0.25) is 10.1 Å². The van der Waals surface area contributed by atoms with Crippen molar-refractivity contribution >= 4 is 33.1 Å². The molecule has 0 amide bonds. The summed E-state index contributed by atoms with van der Waals surface area (Å²) in [6, 6.07) is 2.69. The van der Waals surface area contributed by atoms with Gasteiger partial charge in [-0.25, -0.2) is 13.4 Å². The molecule has 0 spiro atoms. The second-order valence-corrected chi connectivity index (χ2v) is 7.19. The first-order valence-corrected chi connectivity index (χ1v) is 8.57. The van der Waals surface area contributed by atoms with Crippen molar-refractivity contribution in [2.75, 3.05) is 29.6 Å². The van der Waals surface area contributed by atoms with Gasteiger partial charge >= 0.3 is 0 Å². The molecule has 1 N–H and O–H groups in total. The summed E-state index contributed by atoms with van der Waals surface area (Å²) in [6.07, 6.45) is 1.15. The summed E-state index contributed by atoms with van der Waals surface area (Å²) >= 11 is 1.18. The molecule has 0 aromatic carbocycles. The Balaban J connectivity index is 2.84. The van der Waals surface area contributed by atoms with Crippen LogP contribution in [0.3, 0.4) is 0 Å². The number of sulfone groups is 1. The minimum atomic E-state index is -3.04. The Hall–Kier alpha value is -1.35. The molecule has 0 aliphatic rings. The molecule has 0 fully saturated rings. The number of hydrogen-bond acceptors (Lipinski definition) is 7. The lowest BCUT2D eigenvalue weighted by Gasteiger charge is -2.05. The second-order valence-electron chi connectivity index (χ2n) is 3.81. The van der Waals surface area contributed by atoms with Gasteiger partial charge < -0.3 is 5.32 Å². The lowest BCUT2D eigenvalue weighted by Crippen LogP contribution is -2.06. The largest absolute Gasteiger partial charge is 0.370 e. The smallest absolute Gasteiger partial charge is 0.275 e. The van der Waals surface area contributed by atoms with E-state index >= 15 is 0 Å². The fourth-order valence-electron chi connectivity index (χ4n) is 1.24. The maximum absolute atomic E-state index is 11.0. The van der Waals surface area contributed by atoms with Crippen molar-refractivity contribution < 1.29 is 13.3 Å². The first-order chi connectivity index (χ1) is 8.81. The average molecular weight is 305 g/mol. The highest BCUT2D eigenvalue weighted by Gasteiger charge is 2.12. The minimum Gasteiger partial charge on any atom is -0.370 e. The van der Waals surface area contributed by atoms with Gasteiger partial charge in [-0.05, 0) is 6.92 Å². The van der Waals surface area contributed by atoms with Crippen molar-refractivity contribution in [3.8, 4) is 0 Å². The molecule has 7 nitrogen and oxygen atoms in total. The van der Waals surface area contributed by atoms with Crippen molar-refractivity contribution in [1.29, 1.82) is 0 Å². The highest BCUT2D eigenvalue weighted by molar-refractivity contribution is 8.00. The van der Waals surface area contributed by atoms with Crippen LogP contribution in [0.1, 0.15) is 6.92 Å². The van der Waals surface area contributed by atoms with Crippen LogP contribution in [0, 0.1) is 10.1 Å². The molecule has 9 heteroatoms. The van der Waals surface area contributed by atoms with Crippen LogP contribution >= 0.6 is 11.8 Å². The van der Waals surface area contributed by atoms with Crippen molar-refractivity contribution in [1.82, 2.24) is 4.98 Å². The SMILES string of the molecule is CCNc1cc([N+](=O)[O-])cc(SCCS(C)(=O)=O)n1. The van der Waals surface area contributed by atoms with E-state index in [0.717, 1.165) is 6.26 Å². The molecular formula is C10H15N3O4S2. The summed E-state index contributed by atoms with van der Waals surface area (Å²) in [5.41, 5.74) is -0.0622. The number of nitrogens with zero attached hydrogens (tertiary/aromatic N) is 2. The number of anilines is 1. The quantitative estimate of drug-likeness (QED) is 0.463. The van der Waals surface area contributed by atoms with Gasteiger partial charge in [0, 0.05) is 24.6 Å². The molecule has 1 rings (SSSR count). The van der Waals surface area contributed by atoms with Crippen LogP contribution < -0.4 is 5.32 Å². The molecule has 1 aromatic rings. The Kier molecular flexibility index (Phi) is 5.55. The van der Waals surface area contributed by atoms with Gasteiger partial charge in [0.15, 0.2) is 0 Å². The van der Waals surface area contributed by atoms with Crippen LogP contribution in [0.5, 0.6) is 0 Å². The monoisotopic (exact) mass is 305 g/mol. The number of nitrogens with one attached hydrogen (secondary N) is 1. The summed E-state index contributed by atoms with van der Waals surface area (Å²) in [7, 11) is -3.04. The summed E-state index contributed by atoms with van der Waals surface area (Å²) in [4.78, 5) is 14.5. The third kappa shape index (κ3) is 5.88. The van der Waals surface area contributed by atoms with Crippen molar-refractivity contribution in [3.63, 3.8) is 0 Å². The van der Waals surface area contributed by atoms with E-state index in [2.05, 4.69) is 10.3 Å². The number of pyridine rings is 1. The molecule has 19 heavy (non-hydrogen) atoms. The molecule has 0 bridgehead atoms. The molecule has 0 saturated carbocycles. The van der Waals surface area contributed by atoms with Gasteiger partial charge in [0.25, 0.3) is 5.69 Å². The van der Waals surface area contributed by atoms with Gasteiger partial charge in [-0.15, -0.1) is 11.8 Å². The van der Waals surface area contributed by atoms with E-state index in [1.165, 1.54) is 23.9 Å². The maximum atomic E-state index is 11.0. The topological polar surface area (TPSA) is 102 Å². The molecule has 0 radical (unpaired) electrons. The molecule has 0 saturated heterocycles. The molecular weight excluding hydrogens is 290 g/mol. The van der Waals surface area contributed by atoms with Gasteiger partial charge in [0.1, 0.15) is 20.7 Å². The molecule has 0 aliphatic heterocycles. The summed E-state index contributed by atoms with van der Waals surface area (Å²) in [6.45, 7) is 2.46. The summed E-state index contributed by atoms with van der Waals surface area (Å²) in [5.74, 6) is 0.746. The average Bonchev–Trinajstić information content (AvgIpc) is 2.27. The van der Waals surface area contributed by atoms with Gasteiger partial charge in [0.2, 0.25) is 0 Å². The zero-order valence-electron chi connectivity index (χ0n) is 10.6. The Morgan fingerprint density at radius 1 is 1.47 bits per heavy atom. The zero-order chi connectivity index (χ0) is 14.5. The number of rotatable bonds is 7. The molecule has 0 aliphatic carbocycles. The molecule has 1 heterocycles. The van der Waals surface area contributed by atoms with Gasteiger partial charge in [-0.1, -0.05) is 0 Å². The highest BCUT2D eigenvalue weighted by atomic mass is 32.2. The zero-order valence-corrected chi connectivity index (χ0v) is 12.3. The number of nitro groups is 1. The van der Waals surface area contributed by atoms with Gasteiger partial charge in [-0.2, -0.15) is 0 Å². The second kappa shape index (κ2) is 6.71. The highest BCUT2D eigenvalue weighted by Crippen LogP contribution is 2.24. The van der Waals surface area contributed by atoms with Gasteiger partial charge in [0.05, 0.1) is 16.7 Å². The number of aromatic nitrogens is 1. The molecule has 106 valence electrons. The summed E-state index contributed by atoms with van der Waals surface area (Å²) in [5, 5.41) is 14.1. The Bertz CT molecular complexity index is 560. The first kappa shape index (κ1) is 15.7. The van der Waals surface area contributed by atoms with Crippen LogP contribution in [0.2, 0.25) is 0 Å². The lowest BCUT2D eigenvalue weighted by molar-refractivity contribution is -0.385.